The Morgan fingerprint density at radius 3 is 2.73 bits per heavy atom. The van der Waals surface area contributed by atoms with Crippen molar-refractivity contribution in [2.75, 3.05) is 11.1 Å². The number of alkyl halides is 2. The molecule has 0 aromatic heterocycles. The maximum absolute atomic E-state index is 12.2. The molecule has 82 valence electrons. The van der Waals surface area contributed by atoms with Crippen LogP contribution in [0.2, 0.25) is 0 Å². The van der Waals surface area contributed by atoms with Crippen molar-refractivity contribution in [3.63, 3.8) is 0 Å². The van der Waals surface area contributed by atoms with E-state index in [2.05, 4.69) is 17.9 Å². The summed E-state index contributed by atoms with van der Waals surface area (Å²) in [5.41, 5.74) is 0.391. The van der Waals surface area contributed by atoms with Gasteiger partial charge in [-0.1, -0.05) is 23.9 Å². The second-order valence-electron chi connectivity index (χ2n) is 2.58. The molecule has 0 saturated carbocycles. The van der Waals surface area contributed by atoms with Gasteiger partial charge >= 0.3 is 0 Å². The first-order valence-corrected chi connectivity index (χ1v) is 5.59. The smallest absolute Gasteiger partial charge is 0.288 e. The van der Waals surface area contributed by atoms with Crippen molar-refractivity contribution in [1.82, 2.24) is 0 Å². The fourth-order valence-electron chi connectivity index (χ4n) is 0.958. The van der Waals surface area contributed by atoms with Crippen molar-refractivity contribution < 1.29 is 13.6 Å². The quantitative estimate of drug-likeness (QED) is 0.634. The molecule has 0 atom stereocenters. The highest BCUT2D eigenvalue weighted by atomic mass is 32.2. The Morgan fingerprint density at radius 2 is 2.13 bits per heavy atom. The molecule has 1 aromatic rings. The highest BCUT2D eigenvalue weighted by molar-refractivity contribution is 7.99. The molecule has 2 nitrogen and oxygen atoms in total. The third-order valence-corrected chi connectivity index (χ3v) is 2.60. The van der Waals surface area contributed by atoms with Gasteiger partial charge in [0.1, 0.15) is 0 Å². The van der Waals surface area contributed by atoms with E-state index in [1.54, 1.807) is 18.2 Å². The van der Waals surface area contributed by atoms with E-state index in [1.807, 2.05) is 0 Å². The molecule has 0 heterocycles. The molecule has 0 fully saturated rings. The number of hydrogen-bond acceptors (Lipinski definition) is 3. The number of carbonyl (C=O) groups is 1. The summed E-state index contributed by atoms with van der Waals surface area (Å²) in [5.74, 6) is -2.80. The number of para-hydroxylation sites is 1. The molecule has 1 rings (SSSR count). The summed E-state index contributed by atoms with van der Waals surface area (Å²) < 4.78 is 24.3. The average Bonchev–Trinajstić information content (AvgIpc) is 2.20. The van der Waals surface area contributed by atoms with Crippen LogP contribution in [0, 0.1) is 0 Å². The second-order valence-corrected chi connectivity index (χ2v) is 3.93. The Bertz CT molecular complexity index is 347. The number of benzene rings is 1. The van der Waals surface area contributed by atoms with Crippen molar-refractivity contribution in [2.45, 2.75) is 10.7 Å². The first kappa shape index (κ1) is 12.3. The molecule has 6 heteroatoms. The largest absolute Gasteiger partial charge is 0.324 e. The topological polar surface area (TPSA) is 29.1 Å². The van der Waals surface area contributed by atoms with Gasteiger partial charge in [0.2, 0.25) is 5.91 Å². The van der Waals surface area contributed by atoms with Crippen LogP contribution in [0.3, 0.4) is 0 Å². The number of rotatable bonds is 4. The molecule has 0 aliphatic carbocycles. The lowest BCUT2D eigenvalue weighted by Crippen LogP contribution is -2.13. The second kappa shape index (κ2) is 5.97. The van der Waals surface area contributed by atoms with Gasteiger partial charge in [0.25, 0.3) is 5.76 Å². The number of halogens is 2. The first-order chi connectivity index (χ1) is 7.13. The van der Waals surface area contributed by atoms with Crippen LogP contribution >= 0.6 is 24.4 Å². The average molecular weight is 249 g/mol. The van der Waals surface area contributed by atoms with Crippen molar-refractivity contribution in [1.29, 1.82) is 0 Å². The number of anilines is 1. The molecule has 0 spiro atoms. The van der Waals surface area contributed by atoms with Crippen LogP contribution in [0.25, 0.3) is 0 Å². The number of hydrogen-bond donors (Lipinski definition) is 2. The molecular formula is C9H9F2NOS2. The van der Waals surface area contributed by atoms with Gasteiger partial charge in [-0.25, -0.2) is 0 Å². The highest BCUT2D eigenvalue weighted by Gasteiger charge is 2.10. The van der Waals surface area contributed by atoms with E-state index < -0.39 is 5.76 Å². The molecule has 0 aliphatic rings. The summed E-state index contributed by atoms with van der Waals surface area (Å²) in [4.78, 5) is 11.4. The summed E-state index contributed by atoms with van der Waals surface area (Å²) in [6, 6.07) is 6.42. The molecule has 1 aromatic carbocycles. The van der Waals surface area contributed by atoms with E-state index >= 15 is 0 Å². The van der Waals surface area contributed by atoms with Crippen LogP contribution < -0.4 is 5.32 Å². The van der Waals surface area contributed by atoms with E-state index in [0.29, 0.717) is 22.3 Å². The minimum atomic E-state index is -2.50. The fourth-order valence-corrected chi connectivity index (χ4v) is 1.63. The molecule has 0 bridgehead atoms. The molecule has 0 aliphatic heterocycles. The van der Waals surface area contributed by atoms with E-state index in [-0.39, 0.29) is 11.7 Å². The Kier molecular flexibility index (Phi) is 4.90. The summed E-state index contributed by atoms with van der Waals surface area (Å²) in [6.45, 7) is 0. The number of thiol groups is 1. The summed E-state index contributed by atoms with van der Waals surface area (Å²) in [6.07, 6.45) is 0. The molecular weight excluding hydrogens is 240 g/mol. The number of thioether (sulfide) groups is 1. The third-order valence-electron chi connectivity index (χ3n) is 1.52. The predicted octanol–water partition coefficient (Wildman–Crippen LogP) is 2.87. The Hall–Kier alpha value is -0.750. The van der Waals surface area contributed by atoms with Gasteiger partial charge in [0.05, 0.1) is 11.4 Å². The fraction of sp³-hybridized carbons (Fsp3) is 0.222. The molecule has 0 radical (unpaired) electrons. The number of carbonyl (C=O) groups excluding carboxylic acids is 1. The van der Waals surface area contributed by atoms with Crippen LogP contribution in [0.15, 0.2) is 29.2 Å². The lowest BCUT2D eigenvalue weighted by molar-refractivity contribution is -0.113. The Morgan fingerprint density at radius 1 is 1.47 bits per heavy atom. The minimum Gasteiger partial charge on any atom is -0.324 e. The van der Waals surface area contributed by atoms with Gasteiger partial charge in [-0.15, -0.1) is 0 Å². The Labute approximate surface area is 95.8 Å². The zero-order chi connectivity index (χ0) is 11.3. The molecule has 0 unspecified atom stereocenters. The van der Waals surface area contributed by atoms with Gasteiger partial charge in [0, 0.05) is 4.90 Å². The van der Waals surface area contributed by atoms with Gasteiger partial charge in [-0.2, -0.15) is 21.4 Å². The number of nitrogens with one attached hydrogen (secondary N) is 1. The van der Waals surface area contributed by atoms with E-state index in [9.17, 15) is 13.6 Å². The van der Waals surface area contributed by atoms with Crippen molar-refractivity contribution in [3.8, 4) is 0 Å². The third kappa shape index (κ3) is 4.09. The predicted molar refractivity (Wildman–Crippen MR) is 60.8 cm³/mol. The zero-order valence-corrected chi connectivity index (χ0v) is 9.32. The molecule has 0 saturated heterocycles. The van der Waals surface area contributed by atoms with E-state index in [4.69, 9.17) is 0 Å². The maximum Gasteiger partial charge on any atom is 0.288 e. The van der Waals surface area contributed by atoms with Crippen molar-refractivity contribution in [3.05, 3.63) is 24.3 Å². The summed E-state index contributed by atoms with van der Waals surface area (Å²) in [5, 5.41) is 2.50. The van der Waals surface area contributed by atoms with Crippen molar-refractivity contribution >= 4 is 36.0 Å². The summed E-state index contributed by atoms with van der Waals surface area (Å²) >= 11 is 4.19. The number of amides is 1. The molecule has 1 N–H and O–H groups in total. The van der Waals surface area contributed by atoms with Gasteiger partial charge in [-0.05, 0) is 12.1 Å². The standard InChI is InChI=1S/C9H9F2NOS2/c10-9(11)15-7-4-2-1-3-6(7)12-8(13)5-14/h1-4,9,14H,5H2,(H,12,13). The molecule has 15 heavy (non-hydrogen) atoms. The normalized spacial score (nSPS) is 10.4. The van der Waals surface area contributed by atoms with Crippen molar-refractivity contribution in [2.24, 2.45) is 0 Å². The van der Waals surface area contributed by atoms with Crippen LogP contribution in [-0.2, 0) is 4.79 Å². The van der Waals surface area contributed by atoms with Crippen LogP contribution in [0.5, 0.6) is 0 Å². The van der Waals surface area contributed by atoms with Crippen LogP contribution in [0.1, 0.15) is 0 Å². The SMILES string of the molecule is O=C(CS)Nc1ccccc1SC(F)F. The van der Waals surface area contributed by atoms with E-state index in [0.717, 1.165) is 0 Å². The van der Waals surface area contributed by atoms with E-state index in [1.165, 1.54) is 6.07 Å². The van der Waals surface area contributed by atoms with Crippen LogP contribution in [-0.4, -0.2) is 17.4 Å². The monoisotopic (exact) mass is 249 g/mol. The lowest BCUT2D eigenvalue weighted by Gasteiger charge is -2.08. The highest BCUT2D eigenvalue weighted by Crippen LogP contribution is 2.31. The van der Waals surface area contributed by atoms with Gasteiger partial charge in [-0.3, -0.25) is 4.79 Å². The maximum atomic E-state index is 12.2. The summed E-state index contributed by atoms with van der Waals surface area (Å²) in [7, 11) is 0. The first-order valence-electron chi connectivity index (χ1n) is 4.08. The van der Waals surface area contributed by atoms with Crippen LogP contribution in [0.4, 0.5) is 14.5 Å². The molecule has 1 amide bonds. The van der Waals surface area contributed by atoms with Gasteiger partial charge in [0.15, 0.2) is 0 Å². The zero-order valence-electron chi connectivity index (χ0n) is 7.61. The minimum absolute atomic E-state index is 0.0215. The van der Waals surface area contributed by atoms with Gasteiger partial charge < -0.3 is 5.32 Å². The lowest BCUT2D eigenvalue weighted by atomic mass is 10.3. The Balaban J connectivity index is 2.81.